The normalized spacial score (nSPS) is 20.9. The van der Waals surface area contributed by atoms with Crippen molar-refractivity contribution < 1.29 is 52.0 Å². The van der Waals surface area contributed by atoms with E-state index < -0.39 is 76.1 Å². The highest BCUT2D eigenvalue weighted by Crippen LogP contribution is 2.44. The zero-order valence-electron chi connectivity index (χ0n) is 34.1. The van der Waals surface area contributed by atoms with E-state index in [2.05, 4.69) is 12.1 Å². The van der Waals surface area contributed by atoms with E-state index in [1.807, 2.05) is 24.3 Å². The van der Waals surface area contributed by atoms with Gasteiger partial charge in [0.05, 0.1) is 35.0 Å². The Bertz CT molecular complexity index is 1800. The number of fused-ring (bicyclic) bond motifs is 1. The Kier molecular flexibility index (Phi) is 12.7. The number of aryl methyl sites for hydroxylation is 2. The van der Waals surface area contributed by atoms with Crippen LogP contribution in [0.15, 0.2) is 53.1 Å². The minimum absolute atomic E-state index is 0.352. The van der Waals surface area contributed by atoms with Gasteiger partial charge in [-0.25, -0.2) is 0 Å². The van der Waals surface area contributed by atoms with E-state index in [1.165, 1.54) is 7.11 Å². The molecule has 1 aliphatic heterocycles. The maximum Gasteiger partial charge on any atom is 0.311 e. The number of methoxy groups -OCH3 is 1. The quantitative estimate of drug-likeness (QED) is 0.147. The number of ether oxygens (including phenoxy) is 6. The Morgan fingerprint density at radius 1 is 0.648 bits per heavy atom. The summed E-state index contributed by atoms with van der Waals surface area (Å²) in [6.45, 7) is 20.0. The molecule has 2 aromatic carbocycles. The van der Waals surface area contributed by atoms with E-state index in [4.69, 9.17) is 32.8 Å². The lowest BCUT2D eigenvalue weighted by atomic mass is 9.87. The van der Waals surface area contributed by atoms with Crippen molar-refractivity contribution in [1.82, 2.24) is 0 Å². The highest BCUT2D eigenvalue weighted by molar-refractivity contribution is 5.84. The Labute approximate surface area is 319 Å². The first kappa shape index (κ1) is 42.4. The van der Waals surface area contributed by atoms with Gasteiger partial charge in [-0.05, 0) is 113 Å². The van der Waals surface area contributed by atoms with E-state index in [0.29, 0.717) is 23.3 Å². The molecule has 4 rings (SSSR count). The van der Waals surface area contributed by atoms with Gasteiger partial charge >= 0.3 is 23.9 Å². The molecule has 11 nitrogen and oxygen atoms in total. The summed E-state index contributed by atoms with van der Waals surface area (Å²) in [5.74, 6) is -2.03. The molecule has 1 fully saturated rings. The third kappa shape index (κ3) is 10.2. The van der Waals surface area contributed by atoms with Crippen LogP contribution in [-0.4, -0.2) is 62.0 Å². The molecular weight excluding hydrogens is 692 g/mol. The number of rotatable bonds is 10. The predicted octanol–water partition coefficient (Wildman–Crippen LogP) is 8.13. The van der Waals surface area contributed by atoms with Crippen LogP contribution in [0.1, 0.15) is 106 Å². The van der Waals surface area contributed by atoms with Gasteiger partial charge in [0.25, 0.3) is 0 Å². The van der Waals surface area contributed by atoms with E-state index in [9.17, 15) is 19.2 Å². The molecule has 0 saturated carbocycles. The number of benzene rings is 2. The third-order valence-corrected chi connectivity index (χ3v) is 9.03. The Morgan fingerprint density at radius 3 is 1.69 bits per heavy atom. The minimum atomic E-state index is -1.39. The molecule has 0 bridgehead atoms. The van der Waals surface area contributed by atoms with Crippen LogP contribution < -0.4 is 4.74 Å². The van der Waals surface area contributed by atoms with Crippen molar-refractivity contribution in [2.45, 2.75) is 126 Å². The van der Waals surface area contributed by atoms with Gasteiger partial charge in [0, 0.05) is 17.0 Å². The van der Waals surface area contributed by atoms with Gasteiger partial charge in [-0.2, -0.15) is 0 Å². The van der Waals surface area contributed by atoms with Gasteiger partial charge in [0.15, 0.2) is 18.3 Å². The summed E-state index contributed by atoms with van der Waals surface area (Å²) >= 11 is 0. The van der Waals surface area contributed by atoms with Crippen LogP contribution in [0, 0.1) is 21.7 Å². The molecule has 0 aliphatic carbocycles. The van der Waals surface area contributed by atoms with Gasteiger partial charge in [-0.3, -0.25) is 19.2 Å². The summed E-state index contributed by atoms with van der Waals surface area (Å²) < 4.78 is 43.1. The first-order chi connectivity index (χ1) is 24.9. The van der Waals surface area contributed by atoms with Gasteiger partial charge in [0.1, 0.15) is 30.1 Å². The smallest absolute Gasteiger partial charge is 0.311 e. The van der Waals surface area contributed by atoms with Gasteiger partial charge < -0.3 is 32.8 Å². The van der Waals surface area contributed by atoms with Crippen LogP contribution in [0.5, 0.6) is 5.75 Å². The van der Waals surface area contributed by atoms with Crippen molar-refractivity contribution >= 4 is 34.8 Å². The van der Waals surface area contributed by atoms with Gasteiger partial charge in [0.2, 0.25) is 0 Å². The second-order valence-corrected chi connectivity index (χ2v) is 18.1. The number of hydrogen-bond acceptors (Lipinski definition) is 11. The Morgan fingerprint density at radius 2 is 1.17 bits per heavy atom. The second kappa shape index (κ2) is 16.2. The van der Waals surface area contributed by atoms with Crippen LogP contribution in [0.25, 0.3) is 11.0 Å². The number of hydrogen-bond donors (Lipinski definition) is 0. The number of esters is 4. The maximum absolute atomic E-state index is 13.8. The SMILES string of the molecule is COc1cc2occ(CCc3ccccc3)c2cc1[C@@H]1O[C@H](COC(=O)C(C)(C)C)[C@@H](OC(=O)C(C)(C)C)[C@H](OC(=O)C(C)(C)C)[C@H]1OC(=O)C(C)(C)C. The topological polar surface area (TPSA) is 137 Å². The van der Waals surface area contributed by atoms with Crippen LogP contribution in [-0.2, 0) is 55.7 Å². The van der Waals surface area contributed by atoms with Crippen molar-refractivity contribution in [2.75, 3.05) is 13.7 Å². The fourth-order valence-corrected chi connectivity index (χ4v) is 5.62. The molecule has 0 radical (unpaired) electrons. The summed E-state index contributed by atoms with van der Waals surface area (Å²) in [6, 6.07) is 13.7. The van der Waals surface area contributed by atoms with Crippen molar-refractivity contribution in [3.63, 3.8) is 0 Å². The van der Waals surface area contributed by atoms with Crippen LogP contribution in [0.3, 0.4) is 0 Å². The molecule has 0 amide bonds. The molecule has 0 spiro atoms. The van der Waals surface area contributed by atoms with Crippen LogP contribution >= 0.6 is 0 Å². The maximum atomic E-state index is 13.8. The molecule has 0 unspecified atom stereocenters. The second-order valence-electron chi connectivity index (χ2n) is 18.1. The van der Waals surface area contributed by atoms with Crippen molar-refractivity contribution in [3.8, 4) is 5.75 Å². The monoisotopic (exact) mass is 750 g/mol. The number of furan rings is 1. The fourth-order valence-electron chi connectivity index (χ4n) is 5.62. The van der Waals surface area contributed by atoms with E-state index in [0.717, 1.165) is 22.9 Å². The largest absolute Gasteiger partial charge is 0.496 e. The molecule has 3 aromatic rings. The van der Waals surface area contributed by atoms with Crippen LogP contribution in [0.4, 0.5) is 0 Å². The Hall–Kier alpha value is -4.38. The minimum Gasteiger partial charge on any atom is -0.496 e. The summed E-state index contributed by atoms with van der Waals surface area (Å²) in [5, 5.41) is 0.784. The lowest BCUT2D eigenvalue weighted by molar-refractivity contribution is -0.262. The molecule has 5 atom stereocenters. The molecular formula is C43H58O11. The molecule has 2 heterocycles. The van der Waals surface area contributed by atoms with Gasteiger partial charge in [-0.1, -0.05) is 30.3 Å². The predicted molar refractivity (Wildman–Crippen MR) is 203 cm³/mol. The molecule has 1 saturated heterocycles. The van der Waals surface area contributed by atoms with E-state index in [-0.39, 0.29) is 6.61 Å². The molecule has 54 heavy (non-hydrogen) atoms. The van der Waals surface area contributed by atoms with E-state index >= 15 is 0 Å². The standard InChI is InChI=1S/C43H58O11/c1-40(2,3)36(44)50-24-31-33(52-37(45)41(4,5)6)35(54-39(47)43(10,11)12)34(53-38(46)42(7,8)9)32(51-31)28-21-27-26(20-19-25-17-15-14-16-18-25)23-49-30(27)22-29(28)48-13/h14-18,21-23,31-35H,19-20,24H2,1-13H3/t31-,32+,33-,34+,35+/m1/s1. The zero-order valence-corrected chi connectivity index (χ0v) is 34.1. The average Bonchev–Trinajstić information content (AvgIpc) is 3.47. The van der Waals surface area contributed by atoms with Crippen molar-refractivity contribution in [2.24, 2.45) is 21.7 Å². The zero-order chi connectivity index (χ0) is 40.4. The number of carbonyl (C=O) groups is 4. The first-order valence-corrected chi connectivity index (χ1v) is 18.5. The molecule has 0 N–H and O–H groups in total. The summed E-state index contributed by atoms with van der Waals surface area (Å²) in [4.78, 5) is 54.3. The first-order valence-electron chi connectivity index (χ1n) is 18.5. The molecule has 296 valence electrons. The lowest BCUT2D eigenvalue weighted by Crippen LogP contribution is -2.61. The summed E-state index contributed by atoms with van der Waals surface area (Å²) in [6.07, 6.45) is -3.29. The van der Waals surface area contributed by atoms with Crippen molar-refractivity contribution in [3.05, 3.63) is 65.4 Å². The molecule has 11 heteroatoms. The van der Waals surface area contributed by atoms with Crippen molar-refractivity contribution in [1.29, 1.82) is 0 Å². The fraction of sp³-hybridized carbons (Fsp3) is 0.581. The highest BCUT2D eigenvalue weighted by Gasteiger charge is 2.55. The third-order valence-electron chi connectivity index (χ3n) is 9.03. The summed E-state index contributed by atoms with van der Waals surface area (Å²) in [7, 11) is 1.50. The van der Waals surface area contributed by atoms with Crippen LogP contribution in [0.2, 0.25) is 0 Å². The Balaban J connectivity index is 1.94. The number of carbonyl (C=O) groups excluding carboxylic acids is 4. The highest BCUT2D eigenvalue weighted by atomic mass is 16.7. The average molecular weight is 751 g/mol. The van der Waals surface area contributed by atoms with Gasteiger partial charge in [-0.15, -0.1) is 0 Å². The molecule has 1 aliphatic rings. The van der Waals surface area contributed by atoms with E-state index in [1.54, 1.807) is 95.4 Å². The lowest BCUT2D eigenvalue weighted by Gasteiger charge is -2.46. The summed E-state index contributed by atoms with van der Waals surface area (Å²) in [5.41, 5.74) is -0.698. The molecule has 1 aromatic heterocycles.